The third-order valence-corrected chi connectivity index (χ3v) is 3.84. The van der Waals surface area contributed by atoms with Gasteiger partial charge in [0.15, 0.2) is 0 Å². The number of ether oxygens (including phenoxy) is 2. The summed E-state index contributed by atoms with van der Waals surface area (Å²) >= 11 is 0. The number of carbonyl (C=O) groups excluding carboxylic acids is 1. The highest BCUT2D eigenvalue weighted by Gasteiger charge is 2.27. The van der Waals surface area contributed by atoms with Gasteiger partial charge in [-0.15, -0.1) is 0 Å². The standard InChI is InChI=1S/C14H26N2O4/c1-11-8-16(9-13(10-17)20-11)14(18)4-7-19-12-2-5-15-6-3-12/h11-13,15,17H,2-10H2,1H3. The molecule has 0 aromatic rings. The molecule has 2 unspecified atom stereocenters. The van der Waals surface area contributed by atoms with Gasteiger partial charge in [-0.25, -0.2) is 0 Å². The molecule has 2 aliphatic rings. The summed E-state index contributed by atoms with van der Waals surface area (Å²) < 4.78 is 11.3. The first-order valence-electron chi connectivity index (χ1n) is 7.55. The number of rotatable bonds is 5. The van der Waals surface area contributed by atoms with Crippen LogP contribution in [0.1, 0.15) is 26.2 Å². The van der Waals surface area contributed by atoms with Crippen LogP contribution in [0.4, 0.5) is 0 Å². The van der Waals surface area contributed by atoms with Crippen molar-refractivity contribution in [2.75, 3.05) is 39.4 Å². The molecule has 2 rings (SSSR count). The minimum atomic E-state index is -0.256. The summed E-state index contributed by atoms with van der Waals surface area (Å²) in [5, 5.41) is 12.5. The first-order chi connectivity index (χ1) is 9.69. The molecule has 116 valence electrons. The molecule has 20 heavy (non-hydrogen) atoms. The summed E-state index contributed by atoms with van der Waals surface area (Å²) in [6, 6.07) is 0. The van der Waals surface area contributed by atoms with Gasteiger partial charge in [-0.05, 0) is 32.9 Å². The smallest absolute Gasteiger partial charge is 0.225 e. The van der Waals surface area contributed by atoms with Crippen LogP contribution < -0.4 is 5.32 Å². The Balaban J connectivity index is 1.68. The predicted octanol–water partition coefficient (Wildman–Crippen LogP) is -0.247. The Morgan fingerprint density at radius 2 is 2.15 bits per heavy atom. The van der Waals surface area contributed by atoms with Crippen LogP contribution in [-0.4, -0.2) is 73.6 Å². The van der Waals surface area contributed by atoms with Crippen molar-refractivity contribution in [1.82, 2.24) is 10.2 Å². The van der Waals surface area contributed by atoms with Gasteiger partial charge < -0.3 is 24.8 Å². The number of nitrogens with one attached hydrogen (secondary N) is 1. The third kappa shape index (κ3) is 4.70. The monoisotopic (exact) mass is 286 g/mol. The molecule has 2 saturated heterocycles. The van der Waals surface area contributed by atoms with Crippen molar-refractivity contribution < 1.29 is 19.4 Å². The van der Waals surface area contributed by atoms with E-state index in [1.54, 1.807) is 4.90 Å². The minimum Gasteiger partial charge on any atom is -0.394 e. The zero-order valence-electron chi connectivity index (χ0n) is 12.2. The number of aliphatic hydroxyl groups is 1. The Morgan fingerprint density at radius 1 is 1.40 bits per heavy atom. The van der Waals surface area contributed by atoms with Gasteiger partial charge in [0.2, 0.25) is 5.91 Å². The molecule has 2 fully saturated rings. The number of morpholine rings is 1. The molecule has 0 aliphatic carbocycles. The molecule has 2 heterocycles. The highest BCUT2D eigenvalue weighted by atomic mass is 16.5. The number of carbonyl (C=O) groups is 1. The van der Waals surface area contributed by atoms with Crippen molar-refractivity contribution >= 4 is 5.91 Å². The normalized spacial score (nSPS) is 28.6. The van der Waals surface area contributed by atoms with E-state index < -0.39 is 0 Å². The molecule has 0 aromatic carbocycles. The lowest BCUT2D eigenvalue weighted by Gasteiger charge is -2.36. The first kappa shape index (κ1) is 15.7. The topological polar surface area (TPSA) is 71.0 Å². The van der Waals surface area contributed by atoms with E-state index >= 15 is 0 Å². The zero-order chi connectivity index (χ0) is 14.4. The second-order valence-corrected chi connectivity index (χ2v) is 5.62. The van der Waals surface area contributed by atoms with Crippen LogP contribution in [0.15, 0.2) is 0 Å². The average molecular weight is 286 g/mol. The van der Waals surface area contributed by atoms with E-state index in [4.69, 9.17) is 14.6 Å². The van der Waals surface area contributed by atoms with Crippen LogP contribution in [-0.2, 0) is 14.3 Å². The lowest BCUT2D eigenvalue weighted by atomic mass is 10.1. The minimum absolute atomic E-state index is 0.0183. The second kappa shape index (κ2) is 7.93. The van der Waals surface area contributed by atoms with Gasteiger partial charge in [-0.1, -0.05) is 0 Å². The largest absolute Gasteiger partial charge is 0.394 e. The maximum absolute atomic E-state index is 12.1. The van der Waals surface area contributed by atoms with Gasteiger partial charge in [-0.3, -0.25) is 4.79 Å². The lowest BCUT2D eigenvalue weighted by Crippen LogP contribution is -2.50. The van der Waals surface area contributed by atoms with Crippen molar-refractivity contribution in [2.24, 2.45) is 0 Å². The van der Waals surface area contributed by atoms with E-state index in [9.17, 15) is 4.79 Å². The van der Waals surface area contributed by atoms with Crippen LogP contribution in [0, 0.1) is 0 Å². The highest BCUT2D eigenvalue weighted by molar-refractivity contribution is 5.76. The first-order valence-corrected chi connectivity index (χ1v) is 7.55. The van der Waals surface area contributed by atoms with Crippen molar-refractivity contribution in [3.8, 4) is 0 Å². The van der Waals surface area contributed by atoms with Crippen LogP contribution in [0.5, 0.6) is 0 Å². The molecular formula is C14H26N2O4. The quantitative estimate of drug-likeness (QED) is 0.729. The molecule has 2 aliphatic heterocycles. The summed E-state index contributed by atoms with van der Waals surface area (Å²) in [5.41, 5.74) is 0. The van der Waals surface area contributed by atoms with Gasteiger partial charge in [0.05, 0.1) is 37.9 Å². The molecule has 1 amide bonds. The Labute approximate surface area is 120 Å². The molecule has 2 N–H and O–H groups in total. The maximum atomic E-state index is 12.1. The molecule has 6 heteroatoms. The van der Waals surface area contributed by atoms with Crippen LogP contribution >= 0.6 is 0 Å². The van der Waals surface area contributed by atoms with Crippen LogP contribution in [0.3, 0.4) is 0 Å². The van der Waals surface area contributed by atoms with Crippen molar-refractivity contribution in [3.05, 3.63) is 0 Å². The Bertz CT molecular complexity index is 308. The van der Waals surface area contributed by atoms with Crippen LogP contribution in [0.2, 0.25) is 0 Å². The molecule has 0 saturated carbocycles. The molecule has 2 atom stereocenters. The number of amides is 1. The number of hydrogen-bond acceptors (Lipinski definition) is 5. The van der Waals surface area contributed by atoms with E-state index in [1.165, 1.54) is 0 Å². The Morgan fingerprint density at radius 3 is 2.85 bits per heavy atom. The molecule has 0 bridgehead atoms. The summed E-state index contributed by atoms with van der Waals surface area (Å²) in [7, 11) is 0. The fraction of sp³-hybridized carbons (Fsp3) is 0.929. The fourth-order valence-corrected chi connectivity index (χ4v) is 2.78. The molecular weight excluding hydrogens is 260 g/mol. The van der Waals surface area contributed by atoms with Gasteiger partial charge >= 0.3 is 0 Å². The van der Waals surface area contributed by atoms with Gasteiger partial charge in [-0.2, -0.15) is 0 Å². The van der Waals surface area contributed by atoms with Gasteiger partial charge in [0.25, 0.3) is 0 Å². The third-order valence-electron chi connectivity index (χ3n) is 3.84. The molecule has 0 aromatic heterocycles. The number of piperidine rings is 1. The molecule has 6 nitrogen and oxygen atoms in total. The number of hydrogen-bond donors (Lipinski definition) is 2. The van der Waals surface area contributed by atoms with Crippen molar-refractivity contribution in [1.29, 1.82) is 0 Å². The Hall–Kier alpha value is -0.690. The Kier molecular flexibility index (Phi) is 6.22. The van der Waals surface area contributed by atoms with E-state index in [-0.39, 0.29) is 30.8 Å². The van der Waals surface area contributed by atoms with E-state index in [1.807, 2.05) is 6.92 Å². The summed E-state index contributed by atoms with van der Waals surface area (Å²) in [4.78, 5) is 13.9. The van der Waals surface area contributed by atoms with Gasteiger partial charge in [0, 0.05) is 13.1 Å². The lowest BCUT2D eigenvalue weighted by molar-refractivity contribution is -0.148. The fourth-order valence-electron chi connectivity index (χ4n) is 2.78. The maximum Gasteiger partial charge on any atom is 0.225 e. The summed E-state index contributed by atoms with van der Waals surface area (Å²) in [5.74, 6) is 0.0903. The van der Waals surface area contributed by atoms with Gasteiger partial charge in [0.1, 0.15) is 0 Å². The SMILES string of the molecule is CC1CN(C(=O)CCOC2CCNCC2)CC(CO)O1. The average Bonchev–Trinajstić information content (AvgIpc) is 2.47. The van der Waals surface area contributed by atoms with E-state index in [0.29, 0.717) is 26.1 Å². The summed E-state index contributed by atoms with van der Waals surface area (Å²) in [6.45, 7) is 5.44. The van der Waals surface area contributed by atoms with Crippen molar-refractivity contribution in [3.63, 3.8) is 0 Å². The highest BCUT2D eigenvalue weighted by Crippen LogP contribution is 2.13. The number of aliphatic hydroxyl groups excluding tert-OH is 1. The van der Waals surface area contributed by atoms with Crippen LogP contribution in [0.25, 0.3) is 0 Å². The molecule has 0 radical (unpaired) electrons. The predicted molar refractivity (Wildman–Crippen MR) is 74.5 cm³/mol. The number of nitrogens with zero attached hydrogens (tertiary/aromatic N) is 1. The second-order valence-electron chi connectivity index (χ2n) is 5.62. The summed E-state index contributed by atoms with van der Waals surface area (Å²) in [6.07, 6.45) is 2.47. The zero-order valence-corrected chi connectivity index (χ0v) is 12.2. The van der Waals surface area contributed by atoms with Crippen molar-refractivity contribution in [2.45, 2.75) is 44.5 Å². The molecule has 0 spiro atoms. The van der Waals surface area contributed by atoms with E-state index in [0.717, 1.165) is 25.9 Å². The van der Waals surface area contributed by atoms with E-state index in [2.05, 4.69) is 5.32 Å².